The largest absolute Gasteiger partial charge is 0.497 e. The highest BCUT2D eigenvalue weighted by Crippen LogP contribution is 2.25. The normalized spacial score (nSPS) is 13.4. The van der Waals surface area contributed by atoms with E-state index in [4.69, 9.17) is 4.74 Å². The molecule has 208 valence electrons. The van der Waals surface area contributed by atoms with Crippen LogP contribution < -0.4 is 19.9 Å². The number of amides is 1. The molecule has 2 aromatic carbocycles. The van der Waals surface area contributed by atoms with Gasteiger partial charge >= 0.3 is 0 Å². The van der Waals surface area contributed by atoms with Gasteiger partial charge < -0.3 is 19.9 Å². The van der Waals surface area contributed by atoms with Crippen molar-refractivity contribution < 1.29 is 9.53 Å². The van der Waals surface area contributed by atoms with E-state index in [9.17, 15) is 4.79 Å². The number of aromatic nitrogens is 4. The molecular weight excluding hydrogens is 514 g/mol. The number of benzene rings is 2. The zero-order valence-electron chi connectivity index (χ0n) is 23.1. The van der Waals surface area contributed by atoms with Crippen molar-refractivity contribution in [2.75, 3.05) is 49.6 Å². The molecule has 0 radical (unpaired) electrons. The van der Waals surface area contributed by atoms with E-state index >= 15 is 0 Å². The summed E-state index contributed by atoms with van der Waals surface area (Å²) in [6, 6.07) is 26.0. The van der Waals surface area contributed by atoms with Crippen LogP contribution in [-0.2, 0) is 17.6 Å². The summed E-state index contributed by atoms with van der Waals surface area (Å²) in [5, 5.41) is 13.2. The number of anilines is 2. The Balaban J connectivity index is 1.10. The summed E-state index contributed by atoms with van der Waals surface area (Å²) in [6.45, 7) is 4.05. The van der Waals surface area contributed by atoms with Crippen LogP contribution in [0.3, 0.4) is 0 Å². The Bertz CT molecular complexity index is 1590. The van der Waals surface area contributed by atoms with E-state index in [1.54, 1.807) is 7.11 Å². The predicted molar refractivity (Wildman–Crippen MR) is 161 cm³/mol. The fourth-order valence-electron chi connectivity index (χ4n) is 5.28. The van der Waals surface area contributed by atoms with Crippen molar-refractivity contribution in [3.8, 4) is 11.6 Å². The number of nitrogens with zero attached hydrogens (tertiary/aromatic N) is 6. The summed E-state index contributed by atoms with van der Waals surface area (Å²) in [5.41, 5.74) is 3.11. The van der Waals surface area contributed by atoms with Gasteiger partial charge in [-0.15, -0.1) is 10.2 Å². The second kappa shape index (κ2) is 12.1. The Labute approximate surface area is 239 Å². The van der Waals surface area contributed by atoms with Gasteiger partial charge in [-0.05, 0) is 60.0 Å². The first-order valence-electron chi connectivity index (χ1n) is 13.9. The molecule has 0 atom stereocenters. The number of fused-ring (bicyclic) bond motifs is 1. The molecule has 4 heterocycles. The first kappa shape index (κ1) is 26.3. The lowest BCUT2D eigenvalue weighted by Crippen LogP contribution is -2.47. The third-order valence-corrected chi connectivity index (χ3v) is 7.50. The molecule has 6 rings (SSSR count). The van der Waals surface area contributed by atoms with Crippen molar-refractivity contribution in [3.05, 3.63) is 102 Å². The molecule has 5 aromatic rings. The van der Waals surface area contributed by atoms with E-state index in [1.165, 1.54) is 0 Å². The van der Waals surface area contributed by atoms with Gasteiger partial charge in [-0.2, -0.15) is 0 Å². The van der Waals surface area contributed by atoms with Crippen LogP contribution in [0.15, 0.2) is 91.3 Å². The Morgan fingerprint density at radius 2 is 1.54 bits per heavy atom. The summed E-state index contributed by atoms with van der Waals surface area (Å²) in [7, 11) is 1.65. The van der Waals surface area contributed by atoms with Gasteiger partial charge in [-0.25, -0.2) is 4.98 Å². The topological polar surface area (TPSA) is 88.4 Å². The van der Waals surface area contributed by atoms with Crippen LogP contribution in [-0.4, -0.2) is 65.5 Å². The van der Waals surface area contributed by atoms with Crippen molar-refractivity contribution in [1.82, 2.24) is 25.1 Å². The van der Waals surface area contributed by atoms with Crippen molar-refractivity contribution in [3.63, 3.8) is 0 Å². The van der Waals surface area contributed by atoms with E-state index in [1.807, 2.05) is 89.8 Å². The molecule has 0 saturated carbocycles. The number of hydrogen-bond donors (Lipinski definition) is 1. The molecule has 1 aliphatic rings. The SMILES string of the molecule is COc1ccc(CCNC(=O)Cc2cn(-c3ccc(N4CCN(c5ccccn5)CC4)nn3)c3ccccc23)cc1. The predicted octanol–water partition coefficient (Wildman–Crippen LogP) is 4.05. The average Bonchev–Trinajstić information content (AvgIpc) is 3.40. The minimum atomic E-state index is -0.00677. The Kier molecular flexibility index (Phi) is 7.75. The molecule has 1 N–H and O–H groups in total. The quantitative estimate of drug-likeness (QED) is 0.298. The average molecular weight is 548 g/mol. The Morgan fingerprint density at radius 3 is 2.24 bits per heavy atom. The molecule has 0 aliphatic carbocycles. The molecule has 0 bridgehead atoms. The highest BCUT2D eigenvalue weighted by Gasteiger charge is 2.20. The van der Waals surface area contributed by atoms with Gasteiger partial charge in [0, 0.05) is 50.5 Å². The van der Waals surface area contributed by atoms with E-state index in [-0.39, 0.29) is 5.91 Å². The second-order valence-electron chi connectivity index (χ2n) is 10.1. The first-order valence-corrected chi connectivity index (χ1v) is 13.9. The smallest absolute Gasteiger partial charge is 0.224 e. The number of pyridine rings is 1. The zero-order valence-corrected chi connectivity index (χ0v) is 23.1. The molecule has 3 aromatic heterocycles. The maximum absolute atomic E-state index is 12.8. The fraction of sp³-hybridized carbons (Fsp3) is 0.250. The number of methoxy groups -OCH3 is 1. The van der Waals surface area contributed by atoms with E-state index in [0.717, 1.165) is 77.8 Å². The van der Waals surface area contributed by atoms with Gasteiger partial charge in [-0.1, -0.05) is 36.4 Å². The molecule has 0 spiro atoms. The fourth-order valence-corrected chi connectivity index (χ4v) is 5.28. The molecule has 1 fully saturated rings. The van der Waals surface area contributed by atoms with Crippen LogP contribution in [0, 0.1) is 0 Å². The van der Waals surface area contributed by atoms with Crippen LogP contribution in [0.1, 0.15) is 11.1 Å². The summed E-state index contributed by atoms with van der Waals surface area (Å²) >= 11 is 0. The van der Waals surface area contributed by atoms with Gasteiger partial charge in [-0.3, -0.25) is 9.36 Å². The van der Waals surface area contributed by atoms with Crippen molar-refractivity contribution in [2.24, 2.45) is 0 Å². The number of para-hydroxylation sites is 1. The molecule has 9 nitrogen and oxygen atoms in total. The van der Waals surface area contributed by atoms with Gasteiger partial charge in [0.1, 0.15) is 11.6 Å². The lowest BCUT2D eigenvalue weighted by molar-refractivity contribution is -0.120. The third kappa shape index (κ3) is 5.99. The van der Waals surface area contributed by atoms with Crippen molar-refractivity contribution in [2.45, 2.75) is 12.8 Å². The second-order valence-corrected chi connectivity index (χ2v) is 10.1. The summed E-state index contributed by atoms with van der Waals surface area (Å²) < 4.78 is 7.23. The zero-order chi connectivity index (χ0) is 28.0. The molecule has 1 saturated heterocycles. The van der Waals surface area contributed by atoms with Gasteiger partial charge in [0.2, 0.25) is 5.91 Å². The summed E-state index contributed by atoms with van der Waals surface area (Å²) in [6.07, 6.45) is 4.89. The lowest BCUT2D eigenvalue weighted by Gasteiger charge is -2.35. The molecule has 9 heteroatoms. The summed E-state index contributed by atoms with van der Waals surface area (Å²) in [4.78, 5) is 21.9. The number of carbonyl (C=O) groups excluding carboxylic acids is 1. The number of rotatable bonds is 9. The lowest BCUT2D eigenvalue weighted by atomic mass is 10.1. The van der Waals surface area contributed by atoms with Crippen LogP contribution in [0.2, 0.25) is 0 Å². The summed E-state index contributed by atoms with van der Waals surface area (Å²) in [5.74, 6) is 3.42. The maximum Gasteiger partial charge on any atom is 0.224 e. The molecule has 41 heavy (non-hydrogen) atoms. The van der Waals surface area contributed by atoms with Crippen LogP contribution >= 0.6 is 0 Å². The standard InChI is InChI=1S/C32H33N7O2/c1-41-26-11-9-24(10-12-26)15-17-34-32(40)22-25-23-39(28-7-3-2-6-27(25)28)31-14-13-30(35-36-31)38-20-18-37(19-21-38)29-8-4-5-16-33-29/h2-14,16,23H,15,17-22H2,1H3,(H,34,40). The molecular formula is C32H33N7O2. The van der Waals surface area contributed by atoms with Crippen molar-refractivity contribution in [1.29, 1.82) is 0 Å². The maximum atomic E-state index is 12.8. The van der Waals surface area contributed by atoms with E-state index in [0.29, 0.717) is 13.0 Å². The van der Waals surface area contributed by atoms with Gasteiger partial charge in [0.05, 0.1) is 19.0 Å². The minimum absolute atomic E-state index is 0.00677. The number of hydrogen-bond acceptors (Lipinski definition) is 7. The Hall–Kier alpha value is -4.92. The van der Waals surface area contributed by atoms with E-state index < -0.39 is 0 Å². The molecule has 0 unspecified atom stereocenters. The number of nitrogens with one attached hydrogen (secondary N) is 1. The monoisotopic (exact) mass is 547 g/mol. The van der Waals surface area contributed by atoms with Crippen molar-refractivity contribution >= 4 is 28.4 Å². The highest BCUT2D eigenvalue weighted by atomic mass is 16.5. The highest BCUT2D eigenvalue weighted by molar-refractivity contribution is 5.90. The first-order chi connectivity index (χ1) is 20.2. The molecule has 1 aliphatic heterocycles. The number of carbonyl (C=O) groups is 1. The van der Waals surface area contributed by atoms with Crippen LogP contribution in [0.4, 0.5) is 11.6 Å². The Morgan fingerprint density at radius 1 is 0.829 bits per heavy atom. The van der Waals surface area contributed by atoms with Gasteiger partial charge in [0.15, 0.2) is 11.6 Å². The van der Waals surface area contributed by atoms with Crippen LogP contribution in [0.5, 0.6) is 5.75 Å². The third-order valence-electron chi connectivity index (χ3n) is 7.50. The van der Waals surface area contributed by atoms with Gasteiger partial charge in [0.25, 0.3) is 0 Å². The van der Waals surface area contributed by atoms with Crippen LogP contribution in [0.25, 0.3) is 16.7 Å². The molecule has 1 amide bonds. The minimum Gasteiger partial charge on any atom is -0.497 e. The number of ether oxygens (including phenoxy) is 1. The number of piperazine rings is 1. The van der Waals surface area contributed by atoms with E-state index in [2.05, 4.69) is 36.4 Å².